The van der Waals surface area contributed by atoms with Crippen molar-refractivity contribution < 1.29 is 4.74 Å². The van der Waals surface area contributed by atoms with Gasteiger partial charge in [0.1, 0.15) is 5.75 Å². The maximum absolute atomic E-state index is 8.67. The molecular formula is C10H11ClN2O. The molecule has 1 aromatic rings. The fourth-order valence-electron chi connectivity index (χ4n) is 1.49. The van der Waals surface area contributed by atoms with Crippen LogP contribution in [0.5, 0.6) is 5.75 Å². The van der Waals surface area contributed by atoms with Crippen molar-refractivity contribution in [3.8, 4) is 11.8 Å². The van der Waals surface area contributed by atoms with Crippen molar-refractivity contribution in [1.82, 2.24) is 0 Å². The minimum Gasteiger partial charge on any atom is -0.493 e. The quantitative estimate of drug-likeness (QED) is 0.710. The van der Waals surface area contributed by atoms with E-state index in [1.54, 1.807) is 12.1 Å². The molecule has 1 atom stereocenters. The summed E-state index contributed by atoms with van der Waals surface area (Å²) in [5, 5.41) is 8.67. The van der Waals surface area contributed by atoms with Crippen LogP contribution < -0.4 is 10.5 Å². The van der Waals surface area contributed by atoms with Gasteiger partial charge in [0, 0.05) is 18.0 Å². The van der Waals surface area contributed by atoms with Crippen molar-refractivity contribution in [2.45, 2.75) is 12.5 Å². The molecule has 1 heterocycles. The summed E-state index contributed by atoms with van der Waals surface area (Å²) in [5.41, 5.74) is 7.50. The summed E-state index contributed by atoms with van der Waals surface area (Å²) in [6.07, 6.45) is 0.846. The number of halogens is 1. The standard InChI is InChI=1S/C10H10N2O.ClH/c11-6-7-1-2-8-9(12)3-4-13-10(8)5-7;/h1-2,5,9H,3-4,12H2;1H/t9-;/m0./s1. The maximum Gasteiger partial charge on any atom is 0.125 e. The van der Waals surface area contributed by atoms with E-state index in [4.69, 9.17) is 15.7 Å². The summed E-state index contributed by atoms with van der Waals surface area (Å²) < 4.78 is 5.41. The molecule has 0 unspecified atom stereocenters. The predicted octanol–water partition coefficient (Wildman–Crippen LogP) is 1.76. The smallest absolute Gasteiger partial charge is 0.125 e. The Morgan fingerprint density at radius 3 is 3.00 bits per heavy atom. The van der Waals surface area contributed by atoms with E-state index in [0.717, 1.165) is 17.7 Å². The van der Waals surface area contributed by atoms with Crippen molar-refractivity contribution in [2.24, 2.45) is 5.73 Å². The molecule has 0 saturated carbocycles. The number of nitrogens with zero attached hydrogens (tertiary/aromatic N) is 1. The molecule has 1 aliphatic heterocycles. The van der Waals surface area contributed by atoms with Gasteiger partial charge < -0.3 is 10.5 Å². The molecule has 1 aromatic carbocycles. The zero-order valence-electron chi connectivity index (χ0n) is 7.56. The zero-order chi connectivity index (χ0) is 9.26. The van der Waals surface area contributed by atoms with E-state index in [9.17, 15) is 0 Å². The van der Waals surface area contributed by atoms with Crippen LogP contribution in [0.2, 0.25) is 0 Å². The summed E-state index contributed by atoms with van der Waals surface area (Å²) in [5.74, 6) is 0.762. The first-order valence-electron chi connectivity index (χ1n) is 4.23. The van der Waals surface area contributed by atoms with Crippen molar-refractivity contribution >= 4 is 12.4 Å². The first kappa shape index (κ1) is 10.8. The van der Waals surface area contributed by atoms with Crippen LogP contribution in [0.1, 0.15) is 23.6 Å². The SMILES string of the molecule is Cl.N#Cc1ccc2c(c1)OCC[C@@H]2N. The highest BCUT2D eigenvalue weighted by atomic mass is 35.5. The van der Waals surface area contributed by atoms with Gasteiger partial charge in [-0.1, -0.05) is 6.07 Å². The van der Waals surface area contributed by atoms with Gasteiger partial charge in [-0.25, -0.2) is 0 Å². The molecule has 0 aliphatic carbocycles. The first-order valence-corrected chi connectivity index (χ1v) is 4.23. The third-order valence-corrected chi connectivity index (χ3v) is 2.23. The second kappa shape index (κ2) is 4.32. The molecule has 2 rings (SSSR count). The summed E-state index contributed by atoms with van der Waals surface area (Å²) in [4.78, 5) is 0. The van der Waals surface area contributed by atoms with Gasteiger partial charge in [0.25, 0.3) is 0 Å². The van der Waals surface area contributed by atoms with Gasteiger partial charge in [-0.05, 0) is 12.1 Å². The Bertz CT molecular complexity index is 373. The van der Waals surface area contributed by atoms with E-state index in [-0.39, 0.29) is 18.4 Å². The van der Waals surface area contributed by atoms with Crippen LogP contribution in [0.15, 0.2) is 18.2 Å². The van der Waals surface area contributed by atoms with E-state index >= 15 is 0 Å². The van der Waals surface area contributed by atoms with E-state index < -0.39 is 0 Å². The van der Waals surface area contributed by atoms with Crippen molar-refractivity contribution in [3.63, 3.8) is 0 Å². The van der Waals surface area contributed by atoms with Gasteiger partial charge in [-0.15, -0.1) is 12.4 Å². The molecule has 74 valence electrons. The normalized spacial score (nSPS) is 18.4. The second-order valence-corrected chi connectivity index (χ2v) is 3.11. The highest BCUT2D eigenvalue weighted by molar-refractivity contribution is 5.85. The van der Waals surface area contributed by atoms with Crippen LogP contribution in [-0.2, 0) is 0 Å². The summed E-state index contributed by atoms with van der Waals surface area (Å²) in [6, 6.07) is 7.51. The molecule has 0 saturated heterocycles. The Labute approximate surface area is 88.9 Å². The van der Waals surface area contributed by atoms with Crippen molar-refractivity contribution in [1.29, 1.82) is 5.26 Å². The largest absolute Gasteiger partial charge is 0.493 e. The lowest BCUT2D eigenvalue weighted by molar-refractivity contribution is 0.269. The van der Waals surface area contributed by atoms with Crippen LogP contribution in [0.4, 0.5) is 0 Å². The lowest BCUT2D eigenvalue weighted by Gasteiger charge is -2.22. The van der Waals surface area contributed by atoms with Crippen LogP contribution in [0.3, 0.4) is 0 Å². The van der Waals surface area contributed by atoms with Crippen molar-refractivity contribution in [2.75, 3.05) is 6.61 Å². The first-order chi connectivity index (χ1) is 6.31. The molecule has 2 N–H and O–H groups in total. The Kier molecular flexibility index (Phi) is 3.34. The van der Waals surface area contributed by atoms with Crippen LogP contribution in [0, 0.1) is 11.3 Å². The molecular weight excluding hydrogens is 200 g/mol. The van der Waals surface area contributed by atoms with Crippen LogP contribution in [0.25, 0.3) is 0 Å². The monoisotopic (exact) mass is 210 g/mol. The molecule has 0 spiro atoms. The zero-order valence-corrected chi connectivity index (χ0v) is 8.38. The second-order valence-electron chi connectivity index (χ2n) is 3.11. The lowest BCUT2D eigenvalue weighted by Crippen LogP contribution is -2.20. The number of hydrogen-bond donors (Lipinski definition) is 1. The van der Waals surface area contributed by atoms with E-state index in [0.29, 0.717) is 12.2 Å². The number of ether oxygens (including phenoxy) is 1. The highest BCUT2D eigenvalue weighted by Gasteiger charge is 2.17. The van der Waals surface area contributed by atoms with E-state index in [1.807, 2.05) is 6.07 Å². The third kappa shape index (κ3) is 1.82. The average Bonchev–Trinajstić information content (AvgIpc) is 2.18. The van der Waals surface area contributed by atoms with Gasteiger partial charge in [-0.2, -0.15) is 5.26 Å². The van der Waals surface area contributed by atoms with Gasteiger partial charge in [0.2, 0.25) is 0 Å². The summed E-state index contributed by atoms with van der Waals surface area (Å²) in [6.45, 7) is 0.642. The molecule has 0 aromatic heterocycles. The molecule has 0 fully saturated rings. The van der Waals surface area contributed by atoms with Gasteiger partial charge in [-0.3, -0.25) is 0 Å². The molecule has 0 radical (unpaired) electrons. The molecule has 0 bridgehead atoms. The minimum absolute atomic E-state index is 0. The lowest BCUT2D eigenvalue weighted by atomic mass is 10.00. The highest BCUT2D eigenvalue weighted by Crippen LogP contribution is 2.30. The summed E-state index contributed by atoms with van der Waals surface area (Å²) in [7, 11) is 0. The third-order valence-electron chi connectivity index (χ3n) is 2.23. The van der Waals surface area contributed by atoms with Crippen LogP contribution in [-0.4, -0.2) is 6.61 Å². The Morgan fingerprint density at radius 2 is 2.29 bits per heavy atom. The number of nitriles is 1. The number of hydrogen-bond acceptors (Lipinski definition) is 3. The fraction of sp³-hybridized carbons (Fsp3) is 0.300. The van der Waals surface area contributed by atoms with Gasteiger partial charge in [0.15, 0.2) is 0 Å². The average molecular weight is 211 g/mol. The van der Waals surface area contributed by atoms with Gasteiger partial charge >= 0.3 is 0 Å². The number of fused-ring (bicyclic) bond motifs is 1. The maximum atomic E-state index is 8.67. The summed E-state index contributed by atoms with van der Waals surface area (Å²) >= 11 is 0. The Balaban J connectivity index is 0.000000980. The van der Waals surface area contributed by atoms with Crippen LogP contribution >= 0.6 is 12.4 Å². The molecule has 1 aliphatic rings. The van der Waals surface area contributed by atoms with E-state index in [2.05, 4.69) is 6.07 Å². The van der Waals surface area contributed by atoms with E-state index in [1.165, 1.54) is 0 Å². The van der Waals surface area contributed by atoms with Gasteiger partial charge in [0.05, 0.1) is 18.2 Å². The van der Waals surface area contributed by atoms with Crippen molar-refractivity contribution in [3.05, 3.63) is 29.3 Å². The predicted molar refractivity (Wildman–Crippen MR) is 55.4 cm³/mol. The molecule has 0 amide bonds. The minimum atomic E-state index is 0. The Morgan fingerprint density at radius 1 is 1.50 bits per heavy atom. The molecule has 4 heteroatoms. The fourth-order valence-corrected chi connectivity index (χ4v) is 1.49. The topological polar surface area (TPSA) is 59.0 Å². The number of rotatable bonds is 0. The Hall–Kier alpha value is -1.24. The molecule has 14 heavy (non-hydrogen) atoms. The molecule has 3 nitrogen and oxygen atoms in total. The number of nitrogens with two attached hydrogens (primary N) is 1. The number of benzene rings is 1.